The lowest BCUT2D eigenvalue weighted by Crippen LogP contribution is -2.34. The van der Waals surface area contributed by atoms with Crippen molar-refractivity contribution >= 4 is 15.9 Å². The topological polar surface area (TPSA) is 42.2 Å². The summed E-state index contributed by atoms with van der Waals surface area (Å²) >= 11 is 3.62. The van der Waals surface area contributed by atoms with Crippen molar-refractivity contribution in [3.63, 3.8) is 0 Å². The second-order valence-corrected chi connectivity index (χ2v) is 7.49. The first kappa shape index (κ1) is 17.4. The molecule has 1 saturated heterocycles. The van der Waals surface area contributed by atoms with E-state index < -0.39 is 0 Å². The van der Waals surface area contributed by atoms with Gasteiger partial charge in [0.1, 0.15) is 5.82 Å². The number of benzene rings is 2. The lowest BCUT2D eigenvalue weighted by molar-refractivity contribution is 0.180. The van der Waals surface area contributed by atoms with Gasteiger partial charge in [0.2, 0.25) is 11.7 Å². The molecule has 1 aliphatic rings. The summed E-state index contributed by atoms with van der Waals surface area (Å²) in [5.41, 5.74) is 1.92. The molecule has 0 spiro atoms. The summed E-state index contributed by atoms with van der Waals surface area (Å²) < 4.78 is 20.0. The molecule has 0 N–H and O–H groups in total. The average Bonchev–Trinajstić information content (AvgIpc) is 3.14. The minimum absolute atomic E-state index is 0.209. The van der Waals surface area contributed by atoms with Gasteiger partial charge in [-0.25, -0.2) is 4.39 Å². The maximum atomic E-state index is 13.4. The van der Waals surface area contributed by atoms with Crippen LogP contribution in [0.2, 0.25) is 0 Å². The van der Waals surface area contributed by atoms with Crippen LogP contribution in [0.3, 0.4) is 0 Å². The first-order valence-corrected chi connectivity index (χ1v) is 9.53. The largest absolute Gasteiger partial charge is 0.339 e. The number of likely N-dealkylation sites (tertiary alicyclic amines) is 1. The van der Waals surface area contributed by atoms with Crippen LogP contribution < -0.4 is 0 Å². The van der Waals surface area contributed by atoms with Gasteiger partial charge in [0.25, 0.3) is 0 Å². The third-order valence-corrected chi connectivity index (χ3v) is 5.50. The number of nitrogens with zero attached hydrogens (tertiary/aromatic N) is 3. The van der Waals surface area contributed by atoms with Crippen LogP contribution in [-0.2, 0) is 6.54 Å². The maximum absolute atomic E-state index is 13.4. The molecule has 1 atom stereocenters. The number of rotatable bonds is 4. The van der Waals surface area contributed by atoms with Crippen molar-refractivity contribution in [3.05, 3.63) is 70.3 Å². The Bertz CT molecular complexity index is 898. The number of halogens is 2. The fraction of sp³-hybridized carbons (Fsp3) is 0.300. The molecule has 0 amide bonds. The van der Waals surface area contributed by atoms with E-state index in [4.69, 9.17) is 4.52 Å². The van der Waals surface area contributed by atoms with E-state index in [2.05, 4.69) is 49.2 Å². The fourth-order valence-electron chi connectivity index (χ4n) is 3.41. The maximum Gasteiger partial charge on any atom is 0.231 e. The normalized spacial score (nSPS) is 18.2. The van der Waals surface area contributed by atoms with Crippen molar-refractivity contribution in [2.75, 3.05) is 13.1 Å². The number of hydrogen-bond donors (Lipinski definition) is 0. The highest BCUT2D eigenvalue weighted by Crippen LogP contribution is 2.29. The van der Waals surface area contributed by atoms with E-state index in [1.807, 2.05) is 6.07 Å². The Morgan fingerprint density at radius 2 is 2.08 bits per heavy atom. The second kappa shape index (κ2) is 7.68. The zero-order chi connectivity index (χ0) is 17.9. The fourth-order valence-corrected chi connectivity index (χ4v) is 3.82. The molecule has 0 radical (unpaired) electrons. The van der Waals surface area contributed by atoms with E-state index in [1.54, 1.807) is 12.1 Å². The van der Waals surface area contributed by atoms with E-state index in [-0.39, 0.29) is 11.7 Å². The number of aromatic nitrogens is 2. The summed E-state index contributed by atoms with van der Waals surface area (Å²) in [5, 5.41) is 4.05. The summed E-state index contributed by atoms with van der Waals surface area (Å²) in [6.45, 7) is 2.83. The summed E-state index contributed by atoms with van der Waals surface area (Å²) in [6, 6.07) is 14.6. The zero-order valence-electron chi connectivity index (χ0n) is 14.2. The van der Waals surface area contributed by atoms with Crippen molar-refractivity contribution in [2.45, 2.75) is 25.3 Å². The van der Waals surface area contributed by atoms with Gasteiger partial charge in [-0.05, 0) is 43.1 Å². The Hall–Kier alpha value is -2.05. The van der Waals surface area contributed by atoms with Crippen LogP contribution in [0, 0.1) is 5.82 Å². The van der Waals surface area contributed by atoms with Gasteiger partial charge in [-0.15, -0.1) is 0 Å². The van der Waals surface area contributed by atoms with Crippen molar-refractivity contribution in [2.24, 2.45) is 0 Å². The van der Waals surface area contributed by atoms with E-state index in [0.717, 1.165) is 36.9 Å². The first-order chi connectivity index (χ1) is 12.7. The van der Waals surface area contributed by atoms with Gasteiger partial charge < -0.3 is 4.52 Å². The van der Waals surface area contributed by atoms with Crippen molar-refractivity contribution in [3.8, 4) is 11.4 Å². The van der Waals surface area contributed by atoms with Gasteiger partial charge in [-0.1, -0.05) is 51.4 Å². The molecule has 4 rings (SSSR count). The SMILES string of the molecule is Fc1cccc(-c2noc(C3CCCN(Cc4ccccc4Br)C3)n2)c1. The molecule has 4 nitrogen and oxygen atoms in total. The molecular formula is C20H19BrFN3O. The summed E-state index contributed by atoms with van der Waals surface area (Å²) in [6.07, 6.45) is 2.12. The summed E-state index contributed by atoms with van der Waals surface area (Å²) in [5.74, 6) is 0.996. The van der Waals surface area contributed by atoms with Gasteiger partial charge in [-0.3, -0.25) is 4.90 Å². The third-order valence-electron chi connectivity index (χ3n) is 4.73. The van der Waals surface area contributed by atoms with E-state index in [9.17, 15) is 4.39 Å². The van der Waals surface area contributed by atoms with Gasteiger partial charge in [0.15, 0.2) is 0 Å². The zero-order valence-corrected chi connectivity index (χ0v) is 15.8. The highest BCUT2D eigenvalue weighted by molar-refractivity contribution is 9.10. The van der Waals surface area contributed by atoms with Gasteiger partial charge in [0, 0.05) is 23.1 Å². The third kappa shape index (κ3) is 3.86. The van der Waals surface area contributed by atoms with Crippen molar-refractivity contribution in [1.29, 1.82) is 0 Å². The van der Waals surface area contributed by atoms with Crippen LogP contribution in [0.15, 0.2) is 57.5 Å². The molecule has 0 bridgehead atoms. The highest BCUT2D eigenvalue weighted by atomic mass is 79.9. The van der Waals surface area contributed by atoms with E-state index >= 15 is 0 Å². The Balaban J connectivity index is 1.47. The number of hydrogen-bond acceptors (Lipinski definition) is 4. The molecule has 134 valence electrons. The predicted octanol–water partition coefficient (Wildman–Crippen LogP) is 5.02. The minimum Gasteiger partial charge on any atom is -0.339 e. The van der Waals surface area contributed by atoms with Crippen LogP contribution >= 0.6 is 15.9 Å². The molecule has 1 unspecified atom stereocenters. The minimum atomic E-state index is -0.300. The Morgan fingerprint density at radius 3 is 2.92 bits per heavy atom. The molecular weight excluding hydrogens is 397 g/mol. The smallest absolute Gasteiger partial charge is 0.231 e. The quantitative estimate of drug-likeness (QED) is 0.599. The molecule has 0 aliphatic carbocycles. The van der Waals surface area contributed by atoms with Crippen molar-refractivity contribution < 1.29 is 8.91 Å². The van der Waals surface area contributed by atoms with Gasteiger partial charge in [0.05, 0.1) is 5.92 Å². The van der Waals surface area contributed by atoms with Crippen LogP contribution in [0.25, 0.3) is 11.4 Å². The standard InChI is InChI=1S/C20H19BrFN3O/c21-18-9-2-1-5-15(18)12-25-10-4-7-16(13-25)20-23-19(24-26-20)14-6-3-8-17(22)11-14/h1-3,5-6,8-9,11,16H,4,7,10,12-13H2. The molecule has 26 heavy (non-hydrogen) atoms. The van der Waals surface area contributed by atoms with Crippen molar-refractivity contribution in [1.82, 2.24) is 15.0 Å². The molecule has 1 aromatic heterocycles. The Labute approximate surface area is 160 Å². The van der Waals surface area contributed by atoms with E-state index in [0.29, 0.717) is 17.3 Å². The Morgan fingerprint density at radius 1 is 1.19 bits per heavy atom. The molecule has 1 fully saturated rings. The predicted molar refractivity (Wildman–Crippen MR) is 101 cm³/mol. The lowest BCUT2D eigenvalue weighted by atomic mass is 9.97. The highest BCUT2D eigenvalue weighted by Gasteiger charge is 2.26. The summed E-state index contributed by atoms with van der Waals surface area (Å²) in [7, 11) is 0. The number of piperidine rings is 1. The molecule has 2 heterocycles. The van der Waals surface area contributed by atoms with Gasteiger partial charge in [-0.2, -0.15) is 4.98 Å². The molecule has 0 saturated carbocycles. The van der Waals surface area contributed by atoms with Crippen LogP contribution in [-0.4, -0.2) is 28.1 Å². The lowest BCUT2D eigenvalue weighted by Gasteiger charge is -2.31. The van der Waals surface area contributed by atoms with Crippen LogP contribution in [0.5, 0.6) is 0 Å². The van der Waals surface area contributed by atoms with Crippen LogP contribution in [0.1, 0.15) is 30.2 Å². The summed E-state index contributed by atoms with van der Waals surface area (Å²) in [4.78, 5) is 6.94. The Kier molecular flexibility index (Phi) is 5.13. The molecule has 6 heteroatoms. The van der Waals surface area contributed by atoms with Crippen LogP contribution in [0.4, 0.5) is 4.39 Å². The monoisotopic (exact) mass is 415 g/mol. The first-order valence-electron chi connectivity index (χ1n) is 8.74. The average molecular weight is 416 g/mol. The molecule has 1 aliphatic heterocycles. The second-order valence-electron chi connectivity index (χ2n) is 6.63. The van der Waals surface area contributed by atoms with Gasteiger partial charge >= 0.3 is 0 Å². The van der Waals surface area contributed by atoms with E-state index in [1.165, 1.54) is 17.7 Å². The molecule has 2 aromatic carbocycles. The molecule has 3 aromatic rings.